The number of carbonyl (C=O) groups excluding carboxylic acids is 1. The molecule has 4 heteroatoms. The Morgan fingerprint density at radius 3 is 2.55 bits per heavy atom. The van der Waals surface area contributed by atoms with Gasteiger partial charge in [0.05, 0.1) is 6.54 Å². The van der Waals surface area contributed by atoms with Gasteiger partial charge in [-0.25, -0.2) is 0 Å². The Hall–Kier alpha value is -0.610. The van der Waals surface area contributed by atoms with Gasteiger partial charge < -0.3 is 4.74 Å². The summed E-state index contributed by atoms with van der Waals surface area (Å²) in [6, 6.07) is 0. The molecule has 0 fully saturated rings. The van der Waals surface area contributed by atoms with Crippen molar-refractivity contribution in [3.05, 3.63) is 0 Å². The fraction of sp³-hybridized carbons (Fsp3) is 0.857. The van der Waals surface area contributed by atoms with Crippen LogP contribution in [0, 0.1) is 0 Å². The molecule has 0 rings (SSSR count). The summed E-state index contributed by atoms with van der Waals surface area (Å²) in [5, 5.41) is 0. The molecule has 0 radical (unpaired) electrons. The van der Waals surface area contributed by atoms with E-state index >= 15 is 0 Å². The van der Waals surface area contributed by atoms with E-state index in [0.29, 0.717) is 6.42 Å². The van der Waals surface area contributed by atoms with Crippen LogP contribution in [0.3, 0.4) is 0 Å². The highest BCUT2D eigenvalue weighted by molar-refractivity contribution is 5.71. The second kappa shape index (κ2) is 5.09. The van der Waals surface area contributed by atoms with Gasteiger partial charge in [0.25, 0.3) is 0 Å². The van der Waals surface area contributed by atoms with Crippen LogP contribution < -0.4 is 5.73 Å². The van der Waals surface area contributed by atoms with Gasteiger partial charge in [-0.2, -0.15) is 0 Å². The molecule has 2 N–H and O–H groups in total. The van der Waals surface area contributed by atoms with Crippen LogP contribution in [0.15, 0.2) is 0 Å². The summed E-state index contributed by atoms with van der Waals surface area (Å²) in [5.74, 6) is -0.274. The lowest BCUT2D eigenvalue weighted by Gasteiger charge is -2.13. The first kappa shape index (κ1) is 10.4. The van der Waals surface area contributed by atoms with E-state index in [0.717, 1.165) is 0 Å². The maximum absolute atomic E-state index is 10.9. The Morgan fingerprint density at radius 2 is 2.18 bits per heavy atom. The fourth-order valence-corrected chi connectivity index (χ4v) is 0.548. The smallest absolute Gasteiger partial charge is 0.321 e. The van der Waals surface area contributed by atoms with Gasteiger partial charge in [-0.15, -0.1) is 0 Å². The molecule has 1 atom stereocenters. The zero-order valence-electron chi connectivity index (χ0n) is 7.33. The van der Waals surface area contributed by atoms with Gasteiger partial charge in [-0.1, -0.05) is 6.92 Å². The summed E-state index contributed by atoms with van der Waals surface area (Å²) < 4.78 is 4.81. The van der Waals surface area contributed by atoms with E-state index in [1.165, 1.54) is 0 Å². The van der Waals surface area contributed by atoms with Crippen LogP contribution in [0.5, 0.6) is 0 Å². The fourth-order valence-electron chi connectivity index (χ4n) is 0.548. The minimum atomic E-state index is -0.456. The standard InChI is InChI=1S/C7H16N2O2/c1-4-6(8)11-7(10)5-9(2)3/h6H,4-5,8H2,1-3H3. The van der Waals surface area contributed by atoms with Gasteiger partial charge in [0.15, 0.2) is 6.23 Å². The van der Waals surface area contributed by atoms with E-state index in [9.17, 15) is 4.79 Å². The molecule has 0 saturated heterocycles. The molecule has 11 heavy (non-hydrogen) atoms. The lowest BCUT2D eigenvalue weighted by Crippen LogP contribution is -2.31. The summed E-state index contributed by atoms with van der Waals surface area (Å²) in [7, 11) is 3.61. The number of hydrogen-bond donors (Lipinski definition) is 1. The van der Waals surface area contributed by atoms with Gasteiger partial charge in [-0.3, -0.25) is 15.4 Å². The number of esters is 1. The molecule has 0 aliphatic heterocycles. The molecule has 0 aromatic carbocycles. The summed E-state index contributed by atoms with van der Waals surface area (Å²) >= 11 is 0. The average Bonchev–Trinajstić information content (AvgIpc) is 1.85. The molecule has 0 aliphatic carbocycles. The maximum atomic E-state index is 10.9. The van der Waals surface area contributed by atoms with Crippen LogP contribution >= 0.6 is 0 Å². The number of nitrogens with two attached hydrogens (primary N) is 1. The number of rotatable bonds is 4. The van der Waals surface area contributed by atoms with E-state index in [-0.39, 0.29) is 12.5 Å². The predicted molar refractivity (Wildman–Crippen MR) is 42.9 cm³/mol. The normalized spacial score (nSPS) is 13.2. The molecule has 0 heterocycles. The van der Waals surface area contributed by atoms with Crippen molar-refractivity contribution in [3.63, 3.8) is 0 Å². The van der Waals surface area contributed by atoms with Crippen LogP contribution in [0.4, 0.5) is 0 Å². The van der Waals surface area contributed by atoms with Crippen molar-refractivity contribution in [1.82, 2.24) is 4.90 Å². The van der Waals surface area contributed by atoms with Gasteiger partial charge in [-0.05, 0) is 20.5 Å². The van der Waals surface area contributed by atoms with Crippen LogP contribution in [-0.2, 0) is 9.53 Å². The molecule has 0 bridgehead atoms. The summed E-state index contributed by atoms with van der Waals surface area (Å²) in [6.45, 7) is 2.15. The summed E-state index contributed by atoms with van der Waals surface area (Å²) in [5.41, 5.74) is 5.39. The SMILES string of the molecule is CCC(N)OC(=O)CN(C)C. The first-order valence-electron chi connectivity index (χ1n) is 3.66. The van der Waals surface area contributed by atoms with Gasteiger partial charge in [0.2, 0.25) is 0 Å². The maximum Gasteiger partial charge on any atom is 0.321 e. The Kier molecular flexibility index (Phi) is 4.81. The van der Waals surface area contributed by atoms with Gasteiger partial charge >= 0.3 is 5.97 Å². The first-order valence-corrected chi connectivity index (χ1v) is 3.66. The molecule has 1 unspecified atom stereocenters. The van der Waals surface area contributed by atoms with Crippen molar-refractivity contribution in [1.29, 1.82) is 0 Å². The summed E-state index contributed by atoms with van der Waals surface area (Å²) in [6.07, 6.45) is 0.196. The monoisotopic (exact) mass is 160 g/mol. The topological polar surface area (TPSA) is 55.6 Å². The van der Waals surface area contributed by atoms with E-state index in [1.807, 2.05) is 6.92 Å². The molecule has 0 aliphatic rings. The van der Waals surface area contributed by atoms with Crippen molar-refractivity contribution in [2.75, 3.05) is 20.6 Å². The van der Waals surface area contributed by atoms with Gasteiger partial charge in [0, 0.05) is 0 Å². The molecule has 66 valence electrons. The van der Waals surface area contributed by atoms with Crippen molar-refractivity contribution in [3.8, 4) is 0 Å². The molecule has 0 amide bonds. The van der Waals surface area contributed by atoms with Crippen LogP contribution in [0.2, 0.25) is 0 Å². The number of ether oxygens (including phenoxy) is 1. The van der Waals surface area contributed by atoms with Crippen LogP contribution in [-0.4, -0.2) is 37.7 Å². The van der Waals surface area contributed by atoms with E-state index in [1.54, 1.807) is 19.0 Å². The third kappa shape index (κ3) is 5.82. The summed E-state index contributed by atoms with van der Waals surface area (Å²) in [4.78, 5) is 12.6. The molecular weight excluding hydrogens is 144 g/mol. The van der Waals surface area contributed by atoms with E-state index in [4.69, 9.17) is 10.5 Å². The lowest BCUT2D eigenvalue weighted by atomic mass is 10.4. The number of likely N-dealkylation sites (N-methyl/N-ethyl adjacent to an activating group) is 1. The van der Waals surface area contributed by atoms with Crippen molar-refractivity contribution in [2.24, 2.45) is 5.73 Å². The molecular formula is C7H16N2O2. The number of hydrogen-bond acceptors (Lipinski definition) is 4. The number of carbonyl (C=O) groups is 1. The number of nitrogens with zero attached hydrogens (tertiary/aromatic N) is 1. The molecule has 0 aromatic rings. The zero-order valence-corrected chi connectivity index (χ0v) is 7.33. The highest BCUT2D eigenvalue weighted by Crippen LogP contribution is 1.90. The van der Waals surface area contributed by atoms with Crippen LogP contribution in [0.1, 0.15) is 13.3 Å². The quantitative estimate of drug-likeness (QED) is 0.456. The second-order valence-corrected chi connectivity index (χ2v) is 2.67. The highest BCUT2D eigenvalue weighted by Gasteiger charge is 2.07. The molecule has 0 aromatic heterocycles. The largest absolute Gasteiger partial charge is 0.446 e. The molecule has 0 spiro atoms. The zero-order chi connectivity index (χ0) is 8.85. The average molecular weight is 160 g/mol. The van der Waals surface area contributed by atoms with Crippen molar-refractivity contribution in [2.45, 2.75) is 19.6 Å². The Balaban J connectivity index is 3.52. The second-order valence-electron chi connectivity index (χ2n) is 2.67. The molecule has 0 saturated carbocycles. The lowest BCUT2D eigenvalue weighted by molar-refractivity contribution is -0.149. The Bertz CT molecular complexity index is 126. The predicted octanol–water partition coefficient (Wildman–Crippen LogP) is -0.214. The molecule has 4 nitrogen and oxygen atoms in total. The minimum absolute atomic E-state index is 0.274. The highest BCUT2D eigenvalue weighted by atomic mass is 16.6. The van der Waals surface area contributed by atoms with Crippen LogP contribution in [0.25, 0.3) is 0 Å². The first-order chi connectivity index (χ1) is 5.06. The van der Waals surface area contributed by atoms with Gasteiger partial charge in [0.1, 0.15) is 0 Å². The Morgan fingerprint density at radius 1 is 1.64 bits per heavy atom. The van der Waals surface area contributed by atoms with Crippen molar-refractivity contribution >= 4 is 5.97 Å². The third-order valence-electron chi connectivity index (χ3n) is 1.13. The minimum Gasteiger partial charge on any atom is -0.446 e. The third-order valence-corrected chi connectivity index (χ3v) is 1.13. The van der Waals surface area contributed by atoms with Crippen molar-refractivity contribution < 1.29 is 9.53 Å². The van der Waals surface area contributed by atoms with E-state index < -0.39 is 6.23 Å². The Labute approximate surface area is 67.3 Å². The van der Waals surface area contributed by atoms with E-state index in [2.05, 4.69) is 0 Å².